The lowest BCUT2D eigenvalue weighted by Crippen LogP contribution is -2.10. The number of aryl methyl sites for hydroxylation is 1. The van der Waals surface area contributed by atoms with Crippen molar-refractivity contribution < 1.29 is 19.0 Å². The van der Waals surface area contributed by atoms with Crippen molar-refractivity contribution in [2.24, 2.45) is 7.05 Å². The van der Waals surface area contributed by atoms with E-state index >= 15 is 0 Å². The Bertz CT molecular complexity index is 985. The maximum atomic E-state index is 13.2. The molecule has 0 fully saturated rings. The fraction of sp³-hybridized carbons (Fsp3) is 0.211. The molecule has 7 heteroatoms. The number of ketones is 1. The molecule has 0 amide bonds. The smallest absolute Gasteiger partial charge is 0.211 e. The summed E-state index contributed by atoms with van der Waals surface area (Å²) in [5.74, 6) is 0.964. The van der Waals surface area contributed by atoms with Crippen molar-refractivity contribution in [3.63, 3.8) is 0 Å². The van der Waals surface area contributed by atoms with Gasteiger partial charge in [-0.2, -0.15) is 0 Å². The molecule has 0 radical (unpaired) electrons. The molecule has 6 nitrogen and oxygen atoms in total. The van der Waals surface area contributed by atoms with Gasteiger partial charge in [0, 0.05) is 23.0 Å². The fourth-order valence-electron chi connectivity index (χ4n) is 3.06. The van der Waals surface area contributed by atoms with Crippen LogP contribution in [0.2, 0.25) is 5.02 Å². The summed E-state index contributed by atoms with van der Waals surface area (Å²) in [5, 5.41) is 1.34. The van der Waals surface area contributed by atoms with E-state index in [1.54, 1.807) is 41.9 Å². The first kappa shape index (κ1) is 17.9. The third-order valence-corrected chi connectivity index (χ3v) is 4.58. The van der Waals surface area contributed by atoms with Crippen LogP contribution >= 0.6 is 11.6 Å². The number of nitrogens with two attached hydrogens (primary N) is 1. The van der Waals surface area contributed by atoms with Crippen molar-refractivity contribution in [3.8, 4) is 17.2 Å². The Balaban J connectivity index is 2.20. The van der Waals surface area contributed by atoms with Crippen LogP contribution in [0.15, 0.2) is 30.3 Å². The van der Waals surface area contributed by atoms with Crippen LogP contribution in [0.1, 0.15) is 16.1 Å². The Labute approximate surface area is 156 Å². The monoisotopic (exact) mass is 374 g/mol. The molecule has 0 aliphatic rings. The molecule has 2 aromatic carbocycles. The minimum atomic E-state index is -0.253. The molecule has 0 unspecified atom stereocenters. The van der Waals surface area contributed by atoms with Gasteiger partial charge in [-0.3, -0.25) is 4.79 Å². The number of nitrogens with zero attached hydrogens (tertiary/aromatic N) is 1. The van der Waals surface area contributed by atoms with Gasteiger partial charge in [0.1, 0.15) is 5.69 Å². The van der Waals surface area contributed by atoms with Crippen LogP contribution in [0.4, 0.5) is 5.69 Å². The summed E-state index contributed by atoms with van der Waals surface area (Å²) >= 11 is 6.08. The summed E-state index contributed by atoms with van der Waals surface area (Å²) in [6, 6.07) is 8.54. The van der Waals surface area contributed by atoms with Crippen molar-refractivity contribution >= 4 is 34.0 Å². The summed E-state index contributed by atoms with van der Waals surface area (Å²) in [5.41, 5.74) is 8.19. The van der Waals surface area contributed by atoms with Crippen LogP contribution in [-0.4, -0.2) is 31.7 Å². The standard InChI is InChI=1S/C19H19ClN2O4/c1-22-13-9-11(20)5-6-12(13)16(21)17(22)18(23)10-7-14(24-2)19(26-4)15(8-10)25-3/h5-9H,21H2,1-4H3. The van der Waals surface area contributed by atoms with Gasteiger partial charge in [0.2, 0.25) is 11.5 Å². The molecule has 0 aliphatic heterocycles. The SMILES string of the molecule is COc1cc(C(=O)c2c(N)c3ccc(Cl)cc3n2C)cc(OC)c1OC. The molecule has 26 heavy (non-hydrogen) atoms. The zero-order valence-corrected chi connectivity index (χ0v) is 15.7. The highest BCUT2D eigenvalue weighted by Gasteiger charge is 2.24. The number of benzene rings is 2. The van der Waals surface area contributed by atoms with E-state index in [0.29, 0.717) is 39.2 Å². The van der Waals surface area contributed by atoms with Crippen molar-refractivity contribution in [2.75, 3.05) is 27.1 Å². The third kappa shape index (κ3) is 2.72. The Hall–Kier alpha value is -2.86. The average molecular weight is 375 g/mol. The van der Waals surface area contributed by atoms with E-state index in [0.717, 1.165) is 10.9 Å². The highest BCUT2D eigenvalue weighted by molar-refractivity contribution is 6.31. The number of rotatable bonds is 5. The van der Waals surface area contributed by atoms with Gasteiger partial charge in [-0.1, -0.05) is 11.6 Å². The zero-order valence-electron chi connectivity index (χ0n) is 14.9. The fourth-order valence-corrected chi connectivity index (χ4v) is 3.23. The molecule has 0 bridgehead atoms. The Morgan fingerprint density at radius 1 is 1.04 bits per heavy atom. The first-order chi connectivity index (χ1) is 12.4. The molecule has 0 aliphatic carbocycles. The van der Waals surface area contributed by atoms with Crippen LogP contribution in [0.25, 0.3) is 10.9 Å². The molecule has 0 spiro atoms. The largest absolute Gasteiger partial charge is 0.493 e. The van der Waals surface area contributed by atoms with E-state index in [9.17, 15) is 4.79 Å². The average Bonchev–Trinajstić information content (AvgIpc) is 2.89. The minimum absolute atomic E-state index is 0.253. The van der Waals surface area contributed by atoms with Crippen LogP contribution < -0.4 is 19.9 Å². The molecule has 136 valence electrons. The predicted octanol–water partition coefficient (Wildman–Crippen LogP) is 3.67. The van der Waals surface area contributed by atoms with E-state index in [4.69, 9.17) is 31.5 Å². The van der Waals surface area contributed by atoms with Gasteiger partial charge >= 0.3 is 0 Å². The van der Waals surface area contributed by atoms with Gasteiger partial charge in [0.05, 0.1) is 32.5 Å². The van der Waals surface area contributed by atoms with Crippen LogP contribution in [0.3, 0.4) is 0 Å². The van der Waals surface area contributed by atoms with Crippen molar-refractivity contribution in [2.45, 2.75) is 0 Å². The van der Waals surface area contributed by atoms with Gasteiger partial charge in [-0.15, -0.1) is 0 Å². The number of nitrogen functional groups attached to an aromatic ring is 1. The number of ether oxygens (including phenoxy) is 3. The molecule has 0 atom stereocenters. The number of carbonyl (C=O) groups is 1. The quantitative estimate of drug-likeness (QED) is 0.689. The molecule has 1 aromatic heterocycles. The molecule has 0 saturated heterocycles. The number of anilines is 1. The topological polar surface area (TPSA) is 75.7 Å². The number of hydrogen-bond acceptors (Lipinski definition) is 5. The second-order valence-electron chi connectivity index (χ2n) is 5.73. The number of carbonyl (C=O) groups excluding carboxylic acids is 1. The van der Waals surface area contributed by atoms with Crippen molar-refractivity contribution in [1.29, 1.82) is 0 Å². The van der Waals surface area contributed by atoms with Gasteiger partial charge in [-0.25, -0.2) is 0 Å². The number of hydrogen-bond donors (Lipinski definition) is 1. The highest BCUT2D eigenvalue weighted by Crippen LogP contribution is 2.39. The molecule has 3 aromatic rings. The summed E-state index contributed by atoms with van der Waals surface area (Å²) < 4.78 is 17.7. The van der Waals surface area contributed by atoms with Gasteiger partial charge < -0.3 is 24.5 Å². The Morgan fingerprint density at radius 3 is 2.19 bits per heavy atom. The lowest BCUT2D eigenvalue weighted by atomic mass is 10.1. The van der Waals surface area contributed by atoms with Gasteiger partial charge in [-0.05, 0) is 30.3 Å². The Kier molecular flexibility index (Phi) is 4.70. The van der Waals surface area contributed by atoms with E-state index in [1.165, 1.54) is 21.3 Å². The Morgan fingerprint density at radius 2 is 1.65 bits per heavy atom. The summed E-state index contributed by atoms with van der Waals surface area (Å²) in [7, 11) is 6.28. The lowest BCUT2D eigenvalue weighted by Gasteiger charge is -2.14. The molecular formula is C19H19ClN2O4. The maximum absolute atomic E-state index is 13.2. The molecule has 3 rings (SSSR count). The molecule has 1 heterocycles. The summed E-state index contributed by atoms with van der Waals surface area (Å²) in [4.78, 5) is 13.2. The lowest BCUT2D eigenvalue weighted by molar-refractivity contribution is 0.103. The first-order valence-electron chi connectivity index (χ1n) is 7.81. The zero-order chi connectivity index (χ0) is 19.0. The number of aromatic nitrogens is 1. The van der Waals surface area contributed by atoms with Crippen LogP contribution in [0, 0.1) is 0 Å². The summed E-state index contributed by atoms with van der Waals surface area (Å²) in [6.45, 7) is 0. The third-order valence-electron chi connectivity index (χ3n) is 4.34. The van der Waals surface area contributed by atoms with Crippen LogP contribution in [-0.2, 0) is 7.05 Å². The van der Waals surface area contributed by atoms with Crippen molar-refractivity contribution in [1.82, 2.24) is 4.57 Å². The molecule has 2 N–H and O–H groups in total. The minimum Gasteiger partial charge on any atom is -0.493 e. The highest BCUT2D eigenvalue weighted by atomic mass is 35.5. The second-order valence-corrected chi connectivity index (χ2v) is 6.16. The number of methoxy groups -OCH3 is 3. The molecule has 0 saturated carbocycles. The van der Waals surface area contributed by atoms with E-state index in [2.05, 4.69) is 0 Å². The number of halogens is 1. The van der Waals surface area contributed by atoms with E-state index in [1.807, 2.05) is 0 Å². The molecular weight excluding hydrogens is 356 g/mol. The number of fused-ring (bicyclic) bond motifs is 1. The van der Waals surface area contributed by atoms with Gasteiger partial charge in [0.25, 0.3) is 0 Å². The van der Waals surface area contributed by atoms with E-state index in [-0.39, 0.29) is 5.78 Å². The summed E-state index contributed by atoms with van der Waals surface area (Å²) in [6.07, 6.45) is 0. The van der Waals surface area contributed by atoms with Crippen molar-refractivity contribution in [3.05, 3.63) is 46.6 Å². The normalized spacial score (nSPS) is 10.8. The van der Waals surface area contributed by atoms with Gasteiger partial charge in [0.15, 0.2) is 11.5 Å². The maximum Gasteiger partial charge on any atom is 0.211 e. The second kappa shape index (κ2) is 6.80. The predicted molar refractivity (Wildman–Crippen MR) is 102 cm³/mol. The van der Waals surface area contributed by atoms with Crippen LogP contribution in [0.5, 0.6) is 17.2 Å². The first-order valence-corrected chi connectivity index (χ1v) is 8.18. The van der Waals surface area contributed by atoms with E-state index < -0.39 is 0 Å².